The highest BCUT2D eigenvalue weighted by Gasteiger charge is 2.27. The van der Waals surface area contributed by atoms with E-state index in [-0.39, 0.29) is 10.9 Å². The molecule has 1 aromatic rings. The Kier molecular flexibility index (Phi) is 6.43. The highest BCUT2D eigenvalue weighted by atomic mass is 32.2. The molecule has 0 aromatic heterocycles. The van der Waals surface area contributed by atoms with Gasteiger partial charge in [-0.2, -0.15) is 11.8 Å². The van der Waals surface area contributed by atoms with Crippen LogP contribution in [0.5, 0.6) is 0 Å². The zero-order valence-corrected chi connectivity index (χ0v) is 13.8. The van der Waals surface area contributed by atoms with Crippen LogP contribution >= 0.6 is 11.8 Å². The predicted octanol–water partition coefficient (Wildman–Crippen LogP) is 2.06. The van der Waals surface area contributed by atoms with Crippen LogP contribution < -0.4 is 10.0 Å². The Labute approximate surface area is 128 Å². The topological polar surface area (TPSA) is 101 Å². The van der Waals surface area contributed by atoms with Gasteiger partial charge >= 0.3 is 0 Å². The summed E-state index contributed by atoms with van der Waals surface area (Å²) in [5, 5.41) is 13.8. The molecule has 21 heavy (non-hydrogen) atoms. The molecule has 0 fully saturated rings. The van der Waals surface area contributed by atoms with Crippen LogP contribution in [0.3, 0.4) is 0 Å². The Bertz CT molecular complexity index is 605. The van der Waals surface area contributed by atoms with E-state index in [0.717, 1.165) is 0 Å². The maximum atomic E-state index is 12.4. The predicted molar refractivity (Wildman–Crippen MR) is 85.4 cm³/mol. The minimum absolute atomic E-state index is 0.256. The fourth-order valence-electron chi connectivity index (χ4n) is 1.76. The van der Waals surface area contributed by atoms with Gasteiger partial charge in [-0.1, -0.05) is 6.92 Å². The van der Waals surface area contributed by atoms with E-state index >= 15 is 0 Å². The van der Waals surface area contributed by atoms with Crippen molar-refractivity contribution >= 4 is 33.2 Å². The van der Waals surface area contributed by atoms with Crippen LogP contribution in [0.1, 0.15) is 13.3 Å². The number of nitrogens with one attached hydrogen (secondary N) is 2. The molecule has 7 nitrogen and oxygen atoms in total. The van der Waals surface area contributed by atoms with Crippen LogP contribution in [0.2, 0.25) is 0 Å². The van der Waals surface area contributed by atoms with Crippen LogP contribution in [-0.4, -0.2) is 38.4 Å². The first kappa shape index (κ1) is 17.7. The number of nitrogens with zero attached hydrogens (tertiary/aromatic N) is 1. The number of nitro groups is 1. The van der Waals surface area contributed by atoms with Gasteiger partial charge in [-0.05, 0) is 24.8 Å². The van der Waals surface area contributed by atoms with Gasteiger partial charge in [0.1, 0.15) is 0 Å². The Morgan fingerprint density at radius 1 is 1.43 bits per heavy atom. The lowest BCUT2D eigenvalue weighted by Crippen LogP contribution is -2.36. The maximum absolute atomic E-state index is 12.4. The third-order valence-corrected chi connectivity index (χ3v) is 5.22. The smallest absolute Gasteiger partial charge is 0.291 e. The van der Waals surface area contributed by atoms with E-state index in [1.165, 1.54) is 30.0 Å². The molecular weight excluding hydrogens is 314 g/mol. The standard InChI is InChI=1S/C12H19N3O4S2/c1-4-9(8-20-3)14-21(18,19)12-6-5-10(13-2)7-11(12)15(16)17/h5-7,9,13-14H,4,8H2,1-3H3. The van der Waals surface area contributed by atoms with Gasteiger partial charge in [-0.3, -0.25) is 10.1 Å². The van der Waals surface area contributed by atoms with E-state index in [4.69, 9.17) is 0 Å². The van der Waals surface area contributed by atoms with E-state index < -0.39 is 20.6 Å². The second-order valence-electron chi connectivity index (χ2n) is 4.37. The third kappa shape index (κ3) is 4.58. The number of thioether (sulfide) groups is 1. The zero-order chi connectivity index (χ0) is 16.0. The number of nitro benzene ring substituents is 1. The van der Waals surface area contributed by atoms with Crippen molar-refractivity contribution in [2.75, 3.05) is 24.4 Å². The molecular formula is C12H19N3O4S2. The normalized spacial score (nSPS) is 12.9. The molecule has 9 heteroatoms. The molecule has 0 aliphatic rings. The van der Waals surface area contributed by atoms with Gasteiger partial charge in [0.15, 0.2) is 4.90 Å². The molecule has 2 N–H and O–H groups in total. The van der Waals surface area contributed by atoms with Crippen molar-refractivity contribution in [3.8, 4) is 0 Å². The lowest BCUT2D eigenvalue weighted by atomic mass is 10.3. The molecule has 0 saturated carbocycles. The summed E-state index contributed by atoms with van der Waals surface area (Å²) in [7, 11) is -2.32. The summed E-state index contributed by atoms with van der Waals surface area (Å²) >= 11 is 1.52. The highest BCUT2D eigenvalue weighted by Crippen LogP contribution is 2.27. The van der Waals surface area contributed by atoms with Gasteiger partial charge < -0.3 is 5.32 Å². The minimum Gasteiger partial charge on any atom is -0.388 e. The average Bonchev–Trinajstić information content (AvgIpc) is 2.45. The molecule has 0 heterocycles. The largest absolute Gasteiger partial charge is 0.388 e. The minimum atomic E-state index is -3.93. The number of sulfonamides is 1. The van der Waals surface area contributed by atoms with E-state index in [2.05, 4.69) is 10.0 Å². The molecule has 1 rings (SSSR count). The van der Waals surface area contributed by atoms with E-state index in [1.807, 2.05) is 13.2 Å². The lowest BCUT2D eigenvalue weighted by Gasteiger charge is -2.16. The number of anilines is 1. The molecule has 0 amide bonds. The Morgan fingerprint density at radius 2 is 2.10 bits per heavy atom. The molecule has 0 spiro atoms. The van der Waals surface area contributed by atoms with Crippen molar-refractivity contribution in [2.24, 2.45) is 0 Å². The summed E-state index contributed by atoms with van der Waals surface area (Å²) in [4.78, 5) is 10.1. The summed E-state index contributed by atoms with van der Waals surface area (Å²) in [6.45, 7) is 1.86. The molecule has 0 aliphatic carbocycles. The van der Waals surface area contributed by atoms with Gasteiger partial charge in [0.2, 0.25) is 10.0 Å². The average molecular weight is 333 g/mol. The van der Waals surface area contributed by atoms with Crippen molar-refractivity contribution in [3.05, 3.63) is 28.3 Å². The summed E-state index contributed by atoms with van der Waals surface area (Å²) in [6, 6.07) is 3.70. The van der Waals surface area contributed by atoms with Gasteiger partial charge in [0.05, 0.1) is 4.92 Å². The number of hydrogen-bond acceptors (Lipinski definition) is 6. The molecule has 0 radical (unpaired) electrons. The SMILES string of the molecule is CCC(CSC)NS(=O)(=O)c1ccc(NC)cc1[N+](=O)[O-]. The zero-order valence-electron chi connectivity index (χ0n) is 12.1. The fourth-order valence-corrected chi connectivity index (χ4v) is 4.06. The maximum Gasteiger partial charge on any atom is 0.291 e. The Balaban J connectivity index is 3.21. The molecule has 1 unspecified atom stereocenters. The first-order chi connectivity index (χ1) is 9.85. The van der Waals surface area contributed by atoms with Crippen molar-refractivity contribution in [1.82, 2.24) is 4.72 Å². The number of rotatable bonds is 8. The van der Waals surface area contributed by atoms with Crippen LogP contribution in [0.25, 0.3) is 0 Å². The highest BCUT2D eigenvalue weighted by molar-refractivity contribution is 7.98. The molecule has 0 bridgehead atoms. The Morgan fingerprint density at radius 3 is 2.57 bits per heavy atom. The molecule has 0 saturated heterocycles. The van der Waals surface area contributed by atoms with Crippen molar-refractivity contribution in [2.45, 2.75) is 24.3 Å². The van der Waals surface area contributed by atoms with Crippen molar-refractivity contribution < 1.29 is 13.3 Å². The third-order valence-electron chi connectivity index (χ3n) is 2.92. The van der Waals surface area contributed by atoms with Gasteiger partial charge in [-0.25, -0.2) is 13.1 Å². The summed E-state index contributed by atoms with van der Waals surface area (Å²) < 4.78 is 27.2. The van der Waals surface area contributed by atoms with Crippen LogP contribution in [-0.2, 0) is 10.0 Å². The van der Waals surface area contributed by atoms with Crippen LogP contribution in [0, 0.1) is 10.1 Å². The number of hydrogen-bond donors (Lipinski definition) is 2. The molecule has 1 atom stereocenters. The monoisotopic (exact) mass is 333 g/mol. The van der Waals surface area contributed by atoms with Gasteiger partial charge in [0.25, 0.3) is 5.69 Å². The van der Waals surface area contributed by atoms with E-state index in [9.17, 15) is 18.5 Å². The fraction of sp³-hybridized carbons (Fsp3) is 0.500. The summed E-state index contributed by atoms with van der Waals surface area (Å²) in [5.41, 5.74) is 0.0464. The first-order valence-electron chi connectivity index (χ1n) is 6.33. The number of benzene rings is 1. The quantitative estimate of drug-likeness (QED) is 0.558. The van der Waals surface area contributed by atoms with Gasteiger partial charge in [0, 0.05) is 30.6 Å². The van der Waals surface area contributed by atoms with Gasteiger partial charge in [-0.15, -0.1) is 0 Å². The van der Waals surface area contributed by atoms with Crippen LogP contribution in [0.4, 0.5) is 11.4 Å². The van der Waals surface area contributed by atoms with E-state index in [0.29, 0.717) is 17.9 Å². The second-order valence-corrected chi connectivity index (χ2v) is 6.96. The summed E-state index contributed by atoms with van der Waals surface area (Å²) in [6.07, 6.45) is 2.49. The second kappa shape index (κ2) is 7.62. The lowest BCUT2D eigenvalue weighted by molar-refractivity contribution is -0.387. The van der Waals surface area contributed by atoms with Crippen LogP contribution in [0.15, 0.2) is 23.1 Å². The first-order valence-corrected chi connectivity index (χ1v) is 9.20. The van der Waals surface area contributed by atoms with Crippen molar-refractivity contribution in [3.63, 3.8) is 0 Å². The molecule has 0 aliphatic heterocycles. The van der Waals surface area contributed by atoms with E-state index in [1.54, 1.807) is 7.05 Å². The van der Waals surface area contributed by atoms with Crippen molar-refractivity contribution in [1.29, 1.82) is 0 Å². The molecule has 1 aromatic carbocycles. The molecule has 118 valence electrons. The Hall–Kier alpha value is -1.32. The summed E-state index contributed by atoms with van der Waals surface area (Å²) in [5.74, 6) is 0.609.